The van der Waals surface area contributed by atoms with Gasteiger partial charge in [-0.2, -0.15) is 0 Å². The molecule has 18 heteroatoms. The van der Waals surface area contributed by atoms with Crippen LogP contribution in [0.4, 0.5) is 51.8 Å². The van der Waals surface area contributed by atoms with Gasteiger partial charge in [0.25, 0.3) is 0 Å². The largest absolute Gasteiger partial charge is 0.673 e. The van der Waals surface area contributed by atoms with Gasteiger partial charge in [0.2, 0.25) is 0 Å². The zero-order chi connectivity index (χ0) is 21.4. The van der Waals surface area contributed by atoms with Gasteiger partial charge in [-0.05, 0) is 27.8 Å². The van der Waals surface area contributed by atoms with Gasteiger partial charge in [0.05, 0.1) is 0 Å². The standard InChI is InChI=1S/C5H9O2.CH5N.3BF4/c1-5(2,3)7-4-6;1-2;3*2-1(3,4)5/h1-3H3;2H2,1H3;;;/q;;3*-1. The van der Waals surface area contributed by atoms with Crippen molar-refractivity contribution >= 4 is 28.2 Å². The van der Waals surface area contributed by atoms with E-state index >= 15 is 0 Å². The Morgan fingerprint density at radius 3 is 0.792 bits per heavy atom. The lowest BCUT2D eigenvalue weighted by Crippen LogP contribution is -2.17. The van der Waals surface area contributed by atoms with E-state index in [1.165, 1.54) is 13.5 Å². The first-order chi connectivity index (χ1) is 10.1. The number of rotatable bonds is 1. The van der Waals surface area contributed by atoms with Crippen molar-refractivity contribution in [1.82, 2.24) is 0 Å². The van der Waals surface area contributed by atoms with Crippen LogP contribution >= 0.6 is 0 Å². The lowest BCUT2D eigenvalue weighted by molar-refractivity contribution is 0.109. The SMILES string of the molecule is CC(C)(C)O[C]=O.CN.F[B-](F)(F)F.F[B-](F)(F)F.F[B-](F)(F)F. The topological polar surface area (TPSA) is 52.3 Å². The Kier molecular flexibility index (Phi) is 21.8. The molecule has 0 unspecified atom stereocenters. The fourth-order valence-electron chi connectivity index (χ4n) is 0.125. The van der Waals surface area contributed by atoms with E-state index in [1.807, 2.05) is 0 Å². The molecule has 151 valence electrons. The molecule has 0 heterocycles. The highest BCUT2D eigenvalue weighted by Crippen LogP contribution is 2.07. The smallest absolute Gasteiger partial charge is 0.452 e. The van der Waals surface area contributed by atoms with Gasteiger partial charge in [0.1, 0.15) is 5.60 Å². The fraction of sp³-hybridized carbons (Fsp3) is 0.833. The molecule has 0 aromatic rings. The molecule has 0 aromatic carbocycles. The second-order valence-corrected chi connectivity index (χ2v) is 3.78. The van der Waals surface area contributed by atoms with Crippen molar-refractivity contribution in [2.75, 3.05) is 7.05 Å². The fourth-order valence-corrected chi connectivity index (χ4v) is 0.125. The van der Waals surface area contributed by atoms with E-state index in [9.17, 15) is 56.6 Å². The first kappa shape index (κ1) is 34.2. The molecule has 0 atom stereocenters. The van der Waals surface area contributed by atoms with E-state index in [4.69, 9.17) is 0 Å². The Balaban J connectivity index is -0.0000000652. The van der Waals surface area contributed by atoms with Gasteiger partial charge in [-0.15, -0.1) is 0 Å². The van der Waals surface area contributed by atoms with Crippen LogP contribution < -0.4 is 5.73 Å². The average Bonchev–Trinajstić information content (AvgIpc) is 2.09. The minimum atomic E-state index is -6.00. The maximum absolute atomic E-state index is 9.75. The first-order valence-electron chi connectivity index (χ1n) is 5.31. The summed E-state index contributed by atoms with van der Waals surface area (Å²) < 4.78 is 121. The van der Waals surface area contributed by atoms with Crippen LogP contribution in [0.5, 0.6) is 0 Å². The molecule has 0 aliphatic carbocycles. The van der Waals surface area contributed by atoms with E-state index in [2.05, 4.69) is 10.5 Å². The monoisotopic (exact) mass is 393 g/mol. The molecule has 0 saturated carbocycles. The number of nitrogens with two attached hydrogens (primary N) is 1. The molecule has 2 N–H and O–H groups in total. The third kappa shape index (κ3) is 1050. The second-order valence-electron chi connectivity index (χ2n) is 3.78. The van der Waals surface area contributed by atoms with E-state index < -0.39 is 21.8 Å². The molecule has 0 rings (SSSR count). The van der Waals surface area contributed by atoms with E-state index in [0.29, 0.717) is 0 Å². The van der Waals surface area contributed by atoms with Crippen molar-refractivity contribution in [1.29, 1.82) is 0 Å². The molecule has 0 bridgehead atoms. The predicted octanol–water partition coefficient (Wildman–Crippen LogP) is 4.34. The summed E-state index contributed by atoms with van der Waals surface area (Å²) in [6.07, 6.45) is 0. The molecule has 24 heavy (non-hydrogen) atoms. The highest BCUT2D eigenvalue weighted by Gasteiger charge is 2.21. The molecule has 3 nitrogen and oxygen atoms in total. The lowest BCUT2D eigenvalue weighted by atomic mass is 10.2. The normalized spacial score (nSPS) is 10.9. The van der Waals surface area contributed by atoms with Gasteiger partial charge in [-0.3, -0.25) is 0 Å². The van der Waals surface area contributed by atoms with Crippen LogP contribution in [-0.4, -0.2) is 40.9 Å². The van der Waals surface area contributed by atoms with E-state index in [1.54, 1.807) is 20.8 Å². The molecule has 1 radical (unpaired) electrons. The van der Waals surface area contributed by atoms with Crippen LogP contribution in [0.2, 0.25) is 0 Å². The molecule has 0 aliphatic rings. The maximum atomic E-state index is 9.75. The molecular formula is C6H14B3F12NO2-3. The highest BCUT2D eigenvalue weighted by molar-refractivity contribution is 6.50. The van der Waals surface area contributed by atoms with Crippen molar-refractivity contribution in [3.8, 4) is 0 Å². The molecule has 0 fully saturated rings. The quantitative estimate of drug-likeness (QED) is 0.533. The summed E-state index contributed by atoms with van der Waals surface area (Å²) >= 11 is 0. The third-order valence-electron chi connectivity index (χ3n) is 0.348. The Hall–Kier alpha value is -1.22. The molecule has 0 aliphatic heterocycles. The van der Waals surface area contributed by atoms with Crippen molar-refractivity contribution < 1.29 is 61.3 Å². The van der Waals surface area contributed by atoms with Gasteiger partial charge in [-0.1, -0.05) is 0 Å². The number of ether oxygens (including phenoxy) is 1. The van der Waals surface area contributed by atoms with Crippen LogP contribution in [-0.2, 0) is 9.53 Å². The van der Waals surface area contributed by atoms with Crippen LogP contribution in [0.15, 0.2) is 0 Å². The summed E-state index contributed by atoms with van der Waals surface area (Å²) in [5.74, 6) is 0. The van der Waals surface area contributed by atoms with Crippen LogP contribution in [0.25, 0.3) is 0 Å². The summed E-state index contributed by atoms with van der Waals surface area (Å²) in [7, 11) is -16.5. The summed E-state index contributed by atoms with van der Waals surface area (Å²) in [6, 6.07) is 0. The van der Waals surface area contributed by atoms with Crippen LogP contribution in [0.3, 0.4) is 0 Å². The Morgan fingerprint density at radius 2 is 0.792 bits per heavy atom. The second kappa shape index (κ2) is 15.3. The predicted molar refractivity (Wildman–Crippen MR) is 67.2 cm³/mol. The number of carbonyl (C=O) groups excluding carboxylic acids is 1. The minimum Gasteiger partial charge on any atom is -0.452 e. The molecule has 0 saturated heterocycles. The average molecular weight is 393 g/mol. The van der Waals surface area contributed by atoms with Gasteiger partial charge in [0, 0.05) is 0 Å². The Bertz CT molecular complexity index is 227. The van der Waals surface area contributed by atoms with Crippen molar-refractivity contribution in [2.24, 2.45) is 5.73 Å². The molecule has 0 spiro atoms. The van der Waals surface area contributed by atoms with Crippen LogP contribution in [0.1, 0.15) is 20.8 Å². The molecular weight excluding hydrogens is 378 g/mol. The van der Waals surface area contributed by atoms with Gasteiger partial charge < -0.3 is 62.3 Å². The molecule has 0 amide bonds. The summed E-state index contributed by atoms with van der Waals surface area (Å²) in [5, 5.41) is 0. The minimum absolute atomic E-state index is 0.373. The first-order valence-corrected chi connectivity index (χ1v) is 5.31. The number of hydrogen-bond donors (Lipinski definition) is 1. The van der Waals surface area contributed by atoms with Gasteiger partial charge >= 0.3 is 28.2 Å². The Morgan fingerprint density at radius 1 is 0.667 bits per heavy atom. The number of hydrogen-bond acceptors (Lipinski definition) is 3. The summed E-state index contributed by atoms with van der Waals surface area (Å²) in [6.45, 7) is 6.73. The number of halogens is 12. The summed E-state index contributed by atoms with van der Waals surface area (Å²) in [4.78, 5) is 9.47. The van der Waals surface area contributed by atoms with E-state index in [-0.39, 0.29) is 5.60 Å². The Labute approximate surface area is 130 Å². The van der Waals surface area contributed by atoms with Crippen LogP contribution in [0, 0.1) is 0 Å². The summed E-state index contributed by atoms with van der Waals surface area (Å²) in [5.41, 5.74) is 4.13. The van der Waals surface area contributed by atoms with Crippen molar-refractivity contribution in [3.05, 3.63) is 0 Å². The zero-order valence-electron chi connectivity index (χ0n) is 12.7. The highest BCUT2D eigenvalue weighted by atomic mass is 19.5. The third-order valence-corrected chi connectivity index (χ3v) is 0.348. The zero-order valence-corrected chi connectivity index (χ0v) is 12.7. The van der Waals surface area contributed by atoms with E-state index in [0.717, 1.165) is 0 Å². The van der Waals surface area contributed by atoms with Crippen molar-refractivity contribution in [3.63, 3.8) is 0 Å². The van der Waals surface area contributed by atoms with Crippen molar-refractivity contribution in [2.45, 2.75) is 26.4 Å². The van der Waals surface area contributed by atoms with Gasteiger partial charge in [-0.25, -0.2) is 4.79 Å². The maximum Gasteiger partial charge on any atom is 0.673 e. The molecule has 0 aromatic heterocycles. The lowest BCUT2D eigenvalue weighted by Gasteiger charge is -2.13. The van der Waals surface area contributed by atoms with Gasteiger partial charge in [0.15, 0.2) is 0 Å².